The summed E-state index contributed by atoms with van der Waals surface area (Å²) in [7, 11) is 0. The van der Waals surface area contributed by atoms with E-state index in [-0.39, 0.29) is 5.82 Å². The Balaban J connectivity index is 2.22. The van der Waals surface area contributed by atoms with E-state index >= 15 is 0 Å². The first-order valence-electron chi connectivity index (χ1n) is 5.48. The molecule has 1 heterocycles. The molecule has 0 aliphatic carbocycles. The predicted molar refractivity (Wildman–Crippen MR) is 73.6 cm³/mol. The Hall–Kier alpha value is -1.69. The predicted octanol–water partition coefficient (Wildman–Crippen LogP) is 3.55. The second kappa shape index (κ2) is 5.77. The number of nitrogens with zero attached hydrogens (tertiary/aromatic N) is 2. The van der Waals surface area contributed by atoms with Crippen molar-refractivity contribution in [2.45, 2.75) is 6.92 Å². The first-order chi connectivity index (χ1) is 8.69. The molecule has 0 spiro atoms. The number of anilines is 3. The molecule has 2 rings (SSSR count). The van der Waals surface area contributed by atoms with E-state index in [1.165, 1.54) is 12.1 Å². The molecule has 2 aromatic rings. The summed E-state index contributed by atoms with van der Waals surface area (Å²) in [5, 5.41) is 6.12. The van der Waals surface area contributed by atoms with Gasteiger partial charge in [-0.25, -0.2) is 9.37 Å². The van der Waals surface area contributed by atoms with Crippen LogP contribution < -0.4 is 10.6 Å². The quantitative estimate of drug-likeness (QED) is 0.906. The van der Waals surface area contributed by atoms with E-state index in [1.54, 1.807) is 18.3 Å². The van der Waals surface area contributed by atoms with Crippen LogP contribution in [0.3, 0.4) is 0 Å². The monoisotopic (exact) mass is 310 g/mol. The van der Waals surface area contributed by atoms with Gasteiger partial charge in [0.2, 0.25) is 5.95 Å². The van der Waals surface area contributed by atoms with Gasteiger partial charge >= 0.3 is 0 Å². The van der Waals surface area contributed by atoms with Gasteiger partial charge in [-0.1, -0.05) is 0 Å². The summed E-state index contributed by atoms with van der Waals surface area (Å²) in [6.07, 6.45) is 1.66. The fraction of sp³-hybridized carbons (Fsp3) is 0.167. The van der Waals surface area contributed by atoms with Gasteiger partial charge in [0, 0.05) is 18.4 Å². The highest BCUT2D eigenvalue weighted by Gasteiger charge is 2.05. The molecule has 0 unspecified atom stereocenters. The van der Waals surface area contributed by atoms with Crippen molar-refractivity contribution in [2.75, 3.05) is 17.2 Å². The molecule has 0 fully saturated rings. The summed E-state index contributed by atoms with van der Waals surface area (Å²) in [6.45, 7) is 2.72. The van der Waals surface area contributed by atoms with E-state index in [2.05, 4.69) is 36.5 Å². The van der Waals surface area contributed by atoms with E-state index in [4.69, 9.17) is 0 Å². The van der Waals surface area contributed by atoms with Crippen LogP contribution in [0, 0.1) is 5.82 Å². The summed E-state index contributed by atoms with van der Waals surface area (Å²) in [5.41, 5.74) is 0.762. The van der Waals surface area contributed by atoms with Crippen molar-refractivity contribution in [3.05, 3.63) is 40.8 Å². The maximum atomic E-state index is 12.8. The van der Waals surface area contributed by atoms with E-state index in [0.29, 0.717) is 11.8 Å². The van der Waals surface area contributed by atoms with Crippen LogP contribution in [0.5, 0.6) is 0 Å². The van der Waals surface area contributed by atoms with Gasteiger partial charge in [0.15, 0.2) is 0 Å². The normalized spacial score (nSPS) is 10.2. The lowest BCUT2D eigenvalue weighted by Gasteiger charge is -2.09. The van der Waals surface area contributed by atoms with Crippen LogP contribution in [0.2, 0.25) is 0 Å². The van der Waals surface area contributed by atoms with Crippen LogP contribution in [0.1, 0.15) is 6.92 Å². The fourth-order valence-corrected chi connectivity index (χ4v) is 1.66. The highest BCUT2D eigenvalue weighted by molar-refractivity contribution is 9.10. The maximum Gasteiger partial charge on any atom is 0.224 e. The lowest BCUT2D eigenvalue weighted by molar-refractivity contribution is 0.628. The number of aromatic nitrogens is 2. The molecule has 0 aliphatic heterocycles. The number of hydrogen-bond acceptors (Lipinski definition) is 4. The third-order valence-corrected chi connectivity index (χ3v) is 2.77. The van der Waals surface area contributed by atoms with Crippen molar-refractivity contribution < 1.29 is 4.39 Å². The maximum absolute atomic E-state index is 12.8. The average molecular weight is 311 g/mol. The molecule has 0 amide bonds. The van der Waals surface area contributed by atoms with Crippen LogP contribution in [0.15, 0.2) is 34.9 Å². The van der Waals surface area contributed by atoms with Gasteiger partial charge in [0.25, 0.3) is 0 Å². The van der Waals surface area contributed by atoms with Gasteiger partial charge in [-0.15, -0.1) is 0 Å². The molecule has 0 aliphatic rings. The zero-order valence-corrected chi connectivity index (χ0v) is 11.3. The van der Waals surface area contributed by atoms with Gasteiger partial charge < -0.3 is 10.6 Å². The molecule has 94 valence electrons. The number of halogens is 2. The molecule has 2 N–H and O–H groups in total. The lowest BCUT2D eigenvalue weighted by atomic mass is 10.3. The summed E-state index contributed by atoms with van der Waals surface area (Å²) in [4.78, 5) is 8.42. The van der Waals surface area contributed by atoms with Crippen LogP contribution in [-0.2, 0) is 0 Å². The topological polar surface area (TPSA) is 49.8 Å². The molecule has 6 heteroatoms. The fourth-order valence-electron chi connectivity index (χ4n) is 1.37. The second-order valence-electron chi connectivity index (χ2n) is 3.55. The van der Waals surface area contributed by atoms with Gasteiger partial charge in [0.05, 0.1) is 4.47 Å². The van der Waals surface area contributed by atoms with Gasteiger partial charge in [-0.3, -0.25) is 0 Å². The number of benzene rings is 1. The smallest absolute Gasteiger partial charge is 0.224 e. The van der Waals surface area contributed by atoms with Gasteiger partial charge in [-0.2, -0.15) is 4.98 Å². The molecule has 0 saturated carbocycles. The molecule has 1 aromatic carbocycles. The minimum Gasteiger partial charge on any atom is -0.354 e. The van der Waals surface area contributed by atoms with Crippen LogP contribution >= 0.6 is 15.9 Å². The van der Waals surface area contributed by atoms with E-state index < -0.39 is 0 Å². The molecular formula is C12H12BrFN4. The Morgan fingerprint density at radius 3 is 2.67 bits per heavy atom. The number of nitrogens with one attached hydrogen (secondary N) is 2. The first-order valence-corrected chi connectivity index (χ1v) is 6.27. The zero-order chi connectivity index (χ0) is 13.0. The molecular weight excluding hydrogens is 299 g/mol. The summed E-state index contributed by atoms with van der Waals surface area (Å²) >= 11 is 3.36. The minimum atomic E-state index is -0.268. The Kier molecular flexibility index (Phi) is 4.09. The van der Waals surface area contributed by atoms with E-state index in [1.807, 2.05) is 6.92 Å². The van der Waals surface area contributed by atoms with Gasteiger partial charge in [0.1, 0.15) is 11.6 Å². The van der Waals surface area contributed by atoms with E-state index in [0.717, 1.165) is 16.7 Å². The number of rotatable bonds is 4. The summed E-state index contributed by atoms with van der Waals surface area (Å²) in [5.74, 6) is 0.911. The van der Waals surface area contributed by atoms with Crippen molar-refractivity contribution in [3.8, 4) is 0 Å². The van der Waals surface area contributed by atoms with Crippen LogP contribution in [-0.4, -0.2) is 16.5 Å². The Morgan fingerprint density at radius 1 is 1.28 bits per heavy atom. The number of hydrogen-bond donors (Lipinski definition) is 2. The molecule has 0 bridgehead atoms. The highest BCUT2D eigenvalue weighted by atomic mass is 79.9. The lowest BCUT2D eigenvalue weighted by Crippen LogP contribution is -2.04. The summed E-state index contributed by atoms with van der Waals surface area (Å²) < 4.78 is 13.5. The first kappa shape index (κ1) is 12.8. The van der Waals surface area contributed by atoms with Crippen LogP contribution in [0.4, 0.5) is 21.8 Å². The molecule has 18 heavy (non-hydrogen) atoms. The van der Waals surface area contributed by atoms with Crippen molar-refractivity contribution in [2.24, 2.45) is 0 Å². The zero-order valence-electron chi connectivity index (χ0n) is 9.74. The molecule has 0 radical (unpaired) electrons. The molecule has 1 aromatic heterocycles. The third-order valence-electron chi connectivity index (χ3n) is 2.19. The SMILES string of the molecule is CCNc1ncc(Br)c(Nc2ccc(F)cc2)n1. The largest absolute Gasteiger partial charge is 0.354 e. The molecule has 0 saturated heterocycles. The standard InChI is InChI=1S/C12H12BrFN4/c1-2-15-12-16-7-10(13)11(18-12)17-9-5-3-8(14)4-6-9/h3-7H,2H2,1H3,(H2,15,16,17,18). The third kappa shape index (κ3) is 3.16. The van der Waals surface area contributed by atoms with Crippen LogP contribution in [0.25, 0.3) is 0 Å². The summed E-state index contributed by atoms with van der Waals surface area (Å²) in [6, 6.07) is 6.08. The van der Waals surface area contributed by atoms with Gasteiger partial charge in [-0.05, 0) is 47.1 Å². The van der Waals surface area contributed by atoms with Crippen molar-refractivity contribution in [1.82, 2.24) is 9.97 Å². The Bertz CT molecular complexity index is 530. The van der Waals surface area contributed by atoms with Crippen molar-refractivity contribution in [1.29, 1.82) is 0 Å². The molecule has 0 atom stereocenters. The van der Waals surface area contributed by atoms with Crippen molar-refractivity contribution >= 4 is 33.4 Å². The highest BCUT2D eigenvalue weighted by Crippen LogP contribution is 2.24. The average Bonchev–Trinajstić information content (AvgIpc) is 2.36. The van der Waals surface area contributed by atoms with E-state index in [9.17, 15) is 4.39 Å². The Labute approximate surface area is 113 Å². The second-order valence-corrected chi connectivity index (χ2v) is 4.41. The molecule has 4 nitrogen and oxygen atoms in total. The van der Waals surface area contributed by atoms with Crippen molar-refractivity contribution in [3.63, 3.8) is 0 Å². The Morgan fingerprint density at radius 2 is 2.00 bits per heavy atom. The minimum absolute atomic E-state index is 0.268.